The lowest BCUT2D eigenvalue weighted by Gasteiger charge is -2.40. The van der Waals surface area contributed by atoms with E-state index < -0.39 is 49.5 Å². The molecule has 0 radical (unpaired) electrons. The molecule has 1 fully saturated rings. The highest BCUT2D eigenvalue weighted by Gasteiger charge is 2.44. The molecule has 6 N–H and O–H groups in total. The number of rotatable bonds is 42. The third-order valence-electron chi connectivity index (χ3n) is 11.7. The number of amides is 1. The molecule has 1 aliphatic rings. The van der Waals surface area contributed by atoms with E-state index in [0.717, 1.165) is 83.5 Å². The molecule has 0 aromatic carbocycles. The zero-order valence-electron chi connectivity index (χ0n) is 39.3. The Labute approximate surface area is 377 Å². The maximum absolute atomic E-state index is 13.0. The number of carbonyl (C=O) groups excluding carboxylic acids is 2. The van der Waals surface area contributed by atoms with Gasteiger partial charge in [-0.15, -0.1) is 0 Å². The molecule has 11 heteroatoms. The summed E-state index contributed by atoms with van der Waals surface area (Å²) in [5.41, 5.74) is 0. The first-order valence-electron chi connectivity index (χ1n) is 25.3. The van der Waals surface area contributed by atoms with Crippen LogP contribution in [0, 0.1) is 0 Å². The van der Waals surface area contributed by atoms with E-state index in [-0.39, 0.29) is 18.5 Å². The molecule has 0 aliphatic carbocycles. The van der Waals surface area contributed by atoms with Gasteiger partial charge in [0.2, 0.25) is 5.91 Å². The van der Waals surface area contributed by atoms with E-state index >= 15 is 0 Å². The van der Waals surface area contributed by atoms with Crippen LogP contribution in [-0.4, -0.2) is 100 Å². The van der Waals surface area contributed by atoms with Gasteiger partial charge < -0.3 is 45.1 Å². The van der Waals surface area contributed by atoms with Crippen LogP contribution in [0.25, 0.3) is 0 Å². The molecule has 1 aliphatic heterocycles. The average Bonchev–Trinajstić information content (AvgIpc) is 3.27. The second kappa shape index (κ2) is 41.6. The molecule has 0 bridgehead atoms. The quantitative estimate of drug-likeness (QED) is 0.0197. The fourth-order valence-electron chi connectivity index (χ4n) is 7.62. The molecular formula is C51H93NO10. The predicted octanol–water partition coefficient (Wildman–Crippen LogP) is 9.99. The van der Waals surface area contributed by atoms with Gasteiger partial charge in [-0.05, 0) is 70.6 Å². The summed E-state index contributed by atoms with van der Waals surface area (Å²) in [5.74, 6) is -0.282. The normalized spacial score (nSPS) is 20.4. The molecule has 0 aromatic heterocycles. The van der Waals surface area contributed by atoms with Crippen molar-refractivity contribution in [2.45, 2.75) is 256 Å². The number of ether oxygens (including phenoxy) is 3. The van der Waals surface area contributed by atoms with Crippen LogP contribution in [0.1, 0.15) is 213 Å². The Hall–Kier alpha value is -2.12. The Morgan fingerprint density at radius 2 is 1.05 bits per heavy atom. The SMILES string of the molecule is CCCCCCCC/C=C/CC/C=C/C(O)C(COC1OC(CO)C(O)C(O)C1O)NC(=O)CCCCCCC/C=C\CCCCOC(=O)CCCCCCCCCCCCC. The van der Waals surface area contributed by atoms with Gasteiger partial charge >= 0.3 is 5.97 Å². The molecule has 362 valence electrons. The van der Waals surface area contributed by atoms with Crippen molar-refractivity contribution in [2.24, 2.45) is 0 Å². The van der Waals surface area contributed by atoms with Gasteiger partial charge in [0.1, 0.15) is 24.4 Å². The molecule has 1 heterocycles. The average molecular weight is 880 g/mol. The molecule has 0 saturated carbocycles. The van der Waals surface area contributed by atoms with Crippen molar-refractivity contribution in [3.05, 3.63) is 36.5 Å². The lowest BCUT2D eigenvalue weighted by atomic mass is 9.99. The van der Waals surface area contributed by atoms with Crippen LogP contribution >= 0.6 is 0 Å². The van der Waals surface area contributed by atoms with Crippen LogP contribution in [0.2, 0.25) is 0 Å². The second-order valence-corrected chi connectivity index (χ2v) is 17.5. The van der Waals surface area contributed by atoms with Crippen molar-refractivity contribution in [1.82, 2.24) is 5.32 Å². The van der Waals surface area contributed by atoms with Crippen molar-refractivity contribution in [2.75, 3.05) is 19.8 Å². The van der Waals surface area contributed by atoms with Crippen LogP contribution in [0.5, 0.6) is 0 Å². The number of unbranched alkanes of at least 4 members (excludes halogenated alkanes) is 24. The van der Waals surface area contributed by atoms with E-state index in [4.69, 9.17) is 14.2 Å². The van der Waals surface area contributed by atoms with E-state index in [1.54, 1.807) is 6.08 Å². The molecule has 7 atom stereocenters. The summed E-state index contributed by atoms with van der Waals surface area (Å²) in [5, 5.41) is 54.1. The third-order valence-corrected chi connectivity index (χ3v) is 11.7. The molecule has 1 saturated heterocycles. The molecule has 1 amide bonds. The van der Waals surface area contributed by atoms with Crippen LogP contribution in [0.15, 0.2) is 36.5 Å². The highest BCUT2D eigenvalue weighted by molar-refractivity contribution is 5.76. The zero-order valence-corrected chi connectivity index (χ0v) is 39.3. The van der Waals surface area contributed by atoms with E-state index in [2.05, 4.69) is 43.5 Å². The first-order valence-corrected chi connectivity index (χ1v) is 25.3. The van der Waals surface area contributed by atoms with Gasteiger partial charge in [-0.1, -0.05) is 166 Å². The maximum Gasteiger partial charge on any atom is 0.305 e. The van der Waals surface area contributed by atoms with E-state index in [9.17, 15) is 35.1 Å². The van der Waals surface area contributed by atoms with Crippen LogP contribution in [0.4, 0.5) is 0 Å². The highest BCUT2D eigenvalue weighted by atomic mass is 16.7. The van der Waals surface area contributed by atoms with Crippen molar-refractivity contribution in [3.63, 3.8) is 0 Å². The van der Waals surface area contributed by atoms with Crippen LogP contribution in [0.3, 0.4) is 0 Å². The first-order chi connectivity index (χ1) is 30.2. The Morgan fingerprint density at radius 3 is 1.60 bits per heavy atom. The number of esters is 1. The first kappa shape index (κ1) is 57.9. The van der Waals surface area contributed by atoms with E-state index in [0.29, 0.717) is 25.9 Å². The fourth-order valence-corrected chi connectivity index (χ4v) is 7.62. The smallest absolute Gasteiger partial charge is 0.305 e. The monoisotopic (exact) mass is 880 g/mol. The van der Waals surface area contributed by atoms with Gasteiger partial charge in [0.25, 0.3) is 0 Å². The molecule has 11 nitrogen and oxygen atoms in total. The number of aliphatic hydroxyl groups excluding tert-OH is 5. The summed E-state index contributed by atoms with van der Waals surface area (Å²) >= 11 is 0. The number of aliphatic hydroxyl groups is 5. The minimum atomic E-state index is -1.59. The maximum atomic E-state index is 13.0. The van der Waals surface area contributed by atoms with Crippen molar-refractivity contribution in [3.8, 4) is 0 Å². The summed E-state index contributed by atoms with van der Waals surface area (Å²) in [7, 11) is 0. The molecule has 0 spiro atoms. The fraction of sp³-hybridized carbons (Fsp3) is 0.843. The van der Waals surface area contributed by atoms with Crippen LogP contribution < -0.4 is 5.32 Å². The molecule has 0 aromatic rings. The van der Waals surface area contributed by atoms with Gasteiger partial charge in [-0.2, -0.15) is 0 Å². The van der Waals surface area contributed by atoms with Crippen molar-refractivity contribution >= 4 is 11.9 Å². The summed E-state index contributed by atoms with van der Waals surface area (Å²) in [4.78, 5) is 25.0. The van der Waals surface area contributed by atoms with Crippen LogP contribution in [-0.2, 0) is 23.8 Å². The second-order valence-electron chi connectivity index (χ2n) is 17.5. The Morgan fingerprint density at radius 1 is 0.581 bits per heavy atom. The number of hydrogen-bond donors (Lipinski definition) is 6. The summed E-state index contributed by atoms with van der Waals surface area (Å²) in [6.45, 7) is 4.18. The lowest BCUT2D eigenvalue weighted by Crippen LogP contribution is -2.60. The Bertz CT molecular complexity index is 1130. The van der Waals surface area contributed by atoms with Gasteiger partial charge in [0.15, 0.2) is 6.29 Å². The standard InChI is InChI=1S/C51H93NO10/c1-3-5-7-9-11-13-15-18-21-25-29-33-37-44(54)43(42-61-51-50(59)49(58)48(57)45(41-53)62-51)52-46(55)38-34-30-26-22-19-16-20-24-28-32-36-40-60-47(56)39-35-31-27-23-17-14-12-10-8-6-4-2/h18,20-21,24,33,37,43-45,48-51,53-54,57-59H,3-17,19,22-23,25-32,34-36,38-42H2,1-2H3,(H,52,55)/b21-18+,24-20-,37-33+. The van der Waals surface area contributed by atoms with E-state index in [1.807, 2.05) is 6.08 Å². The zero-order chi connectivity index (χ0) is 45.3. The molecule has 62 heavy (non-hydrogen) atoms. The molecular weight excluding hydrogens is 787 g/mol. The Balaban J connectivity index is 2.26. The van der Waals surface area contributed by atoms with Gasteiger partial charge in [-0.25, -0.2) is 0 Å². The summed E-state index contributed by atoms with van der Waals surface area (Å²) in [6, 6.07) is -0.847. The van der Waals surface area contributed by atoms with Gasteiger partial charge in [-0.3, -0.25) is 9.59 Å². The number of hydrogen-bond acceptors (Lipinski definition) is 10. The molecule has 1 rings (SSSR count). The van der Waals surface area contributed by atoms with E-state index in [1.165, 1.54) is 96.3 Å². The van der Waals surface area contributed by atoms with Crippen molar-refractivity contribution in [1.29, 1.82) is 0 Å². The topological polar surface area (TPSA) is 175 Å². The number of nitrogens with one attached hydrogen (secondary N) is 1. The summed E-state index contributed by atoms with van der Waals surface area (Å²) in [6.07, 6.45) is 37.9. The summed E-state index contributed by atoms with van der Waals surface area (Å²) < 4.78 is 16.6. The minimum Gasteiger partial charge on any atom is -0.466 e. The van der Waals surface area contributed by atoms with Crippen molar-refractivity contribution < 1.29 is 49.3 Å². The predicted molar refractivity (Wildman–Crippen MR) is 251 cm³/mol. The van der Waals surface area contributed by atoms with Gasteiger partial charge in [0, 0.05) is 12.8 Å². The highest BCUT2D eigenvalue weighted by Crippen LogP contribution is 2.22. The molecule has 7 unspecified atom stereocenters. The largest absolute Gasteiger partial charge is 0.466 e. The minimum absolute atomic E-state index is 0.0596. The third kappa shape index (κ3) is 31.7. The lowest BCUT2D eigenvalue weighted by molar-refractivity contribution is -0.302. The Kier molecular flexibility index (Phi) is 38.8. The number of allylic oxidation sites excluding steroid dienone is 5. The number of carbonyl (C=O) groups is 2. The van der Waals surface area contributed by atoms with Gasteiger partial charge in [0.05, 0.1) is 32.0 Å².